The molecule has 0 aliphatic heterocycles. The highest BCUT2D eigenvalue weighted by Crippen LogP contribution is 2.25. The SMILES string of the molecule is COc1ccc([N+](=O)[O-])cc1COc1ccc(F)nc1. The van der Waals surface area contributed by atoms with Gasteiger partial charge in [-0.15, -0.1) is 0 Å². The molecule has 1 aromatic heterocycles. The molecule has 1 heterocycles. The number of nitrogens with zero attached hydrogens (tertiary/aromatic N) is 2. The molecular weight excluding hydrogens is 267 g/mol. The molecule has 0 saturated heterocycles. The Morgan fingerprint density at radius 1 is 1.35 bits per heavy atom. The lowest BCUT2D eigenvalue weighted by Crippen LogP contribution is -2.00. The van der Waals surface area contributed by atoms with Crippen LogP contribution in [0.25, 0.3) is 0 Å². The van der Waals surface area contributed by atoms with Gasteiger partial charge in [-0.05, 0) is 18.2 Å². The van der Waals surface area contributed by atoms with E-state index in [2.05, 4.69) is 4.98 Å². The lowest BCUT2D eigenvalue weighted by molar-refractivity contribution is -0.385. The summed E-state index contributed by atoms with van der Waals surface area (Å²) in [7, 11) is 1.46. The molecule has 104 valence electrons. The first kappa shape index (κ1) is 13.7. The van der Waals surface area contributed by atoms with Crippen molar-refractivity contribution in [2.75, 3.05) is 7.11 Å². The molecule has 6 nitrogen and oxygen atoms in total. The number of methoxy groups -OCH3 is 1. The minimum atomic E-state index is -0.606. The predicted octanol–water partition coefficient (Wildman–Crippen LogP) is 2.72. The normalized spacial score (nSPS) is 10.1. The van der Waals surface area contributed by atoms with E-state index in [1.54, 1.807) is 0 Å². The molecule has 0 aliphatic rings. The van der Waals surface area contributed by atoms with E-state index in [4.69, 9.17) is 9.47 Å². The fraction of sp³-hybridized carbons (Fsp3) is 0.154. The first-order valence-electron chi connectivity index (χ1n) is 5.66. The Kier molecular flexibility index (Phi) is 4.09. The number of nitro groups is 1. The van der Waals surface area contributed by atoms with Crippen LogP contribution in [0.5, 0.6) is 11.5 Å². The second-order valence-corrected chi connectivity index (χ2v) is 3.86. The molecule has 2 aromatic rings. The average molecular weight is 278 g/mol. The summed E-state index contributed by atoms with van der Waals surface area (Å²) in [6, 6.07) is 6.81. The molecule has 0 radical (unpaired) electrons. The fourth-order valence-corrected chi connectivity index (χ4v) is 1.60. The number of aromatic nitrogens is 1. The van der Waals surface area contributed by atoms with Gasteiger partial charge in [-0.1, -0.05) is 0 Å². The zero-order valence-electron chi connectivity index (χ0n) is 10.6. The molecule has 1 aromatic carbocycles. The highest BCUT2D eigenvalue weighted by atomic mass is 19.1. The Morgan fingerprint density at radius 2 is 2.15 bits per heavy atom. The zero-order valence-corrected chi connectivity index (χ0v) is 10.6. The van der Waals surface area contributed by atoms with Crippen LogP contribution in [0.15, 0.2) is 36.5 Å². The van der Waals surface area contributed by atoms with Crippen LogP contribution in [0.1, 0.15) is 5.56 Å². The second kappa shape index (κ2) is 5.96. The predicted molar refractivity (Wildman–Crippen MR) is 68.2 cm³/mol. The lowest BCUT2D eigenvalue weighted by Gasteiger charge is -2.09. The highest BCUT2D eigenvalue weighted by molar-refractivity contribution is 5.43. The lowest BCUT2D eigenvalue weighted by atomic mass is 10.2. The minimum absolute atomic E-state index is 0.0537. The Labute approximate surface area is 113 Å². The van der Waals surface area contributed by atoms with Crippen LogP contribution in [-0.2, 0) is 6.61 Å². The largest absolute Gasteiger partial charge is 0.496 e. The van der Waals surface area contributed by atoms with Crippen molar-refractivity contribution < 1.29 is 18.8 Å². The van der Waals surface area contributed by atoms with Gasteiger partial charge in [-0.25, -0.2) is 4.98 Å². The molecule has 20 heavy (non-hydrogen) atoms. The molecule has 0 atom stereocenters. The summed E-state index contributed by atoms with van der Waals surface area (Å²) >= 11 is 0. The third kappa shape index (κ3) is 3.19. The number of non-ortho nitro benzene ring substituents is 1. The van der Waals surface area contributed by atoms with E-state index in [0.717, 1.165) is 0 Å². The van der Waals surface area contributed by atoms with E-state index >= 15 is 0 Å². The Balaban J connectivity index is 2.16. The topological polar surface area (TPSA) is 74.5 Å². The molecular formula is C13H11FN2O4. The molecule has 0 fully saturated rings. The van der Waals surface area contributed by atoms with Crippen LogP contribution < -0.4 is 9.47 Å². The van der Waals surface area contributed by atoms with Gasteiger partial charge >= 0.3 is 0 Å². The maximum absolute atomic E-state index is 12.6. The van der Waals surface area contributed by atoms with E-state index in [1.807, 2.05) is 0 Å². The van der Waals surface area contributed by atoms with Crippen LogP contribution in [0.4, 0.5) is 10.1 Å². The third-order valence-electron chi connectivity index (χ3n) is 2.57. The van der Waals surface area contributed by atoms with Gasteiger partial charge in [0.25, 0.3) is 5.69 Å². The van der Waals surface area contributed by atoms with Crippen molar-refractivity contribution in [1.29, 1.82) is 0 Å². The molecule has 0 N–H and O–H groups in total. The van der Waals surface area contributed by atoms with Gasteiger partial charge in [0.2, 0.25) is 5.95 Å². The van der Waals surface area contributed by atoms with Gasteiger partial charge in [0, 0.05) is 17.7 Å². The molecule has 0 bridgehead atoms. The van der Waals surface area contributed by atoms with E-state index in [9.17, 15) is 14.5 Å². The number of hydrogen-bond acceptors (Lipinski definition) is 5. The Morgan fingerprint density at radius 3 is 2.75 bits per heavy atom. The van der Waals surface area contributed by atoms with Crippen molar-refractivity contribution in [3.63, 3.8) is 0 Å². The molecule has 7 heteroatoms. The summed E-state index contributed by atoms with van der Waals surface area (Å²) in [5.74, 6) is 0.232. The molecule has 0 spiro atoms. The maximum atomic E-state index is 12.6. The van der Waals surface area contributed by atoms with Crippen molar-refractivity contribution in [3.8, 4) is 11.5 Å². The van der Waals surface area contributed by atoms with Crippen molar-refractivity contribution in [1.82, 2.24) is 4.98 Å². The minimum Gasteiger partial charge on any atom is -0.496 e. The fourth-order valence-electron chi connectivity index (χ4n) is 1.60. The van der Waals surface area contributed by atoms with Gasteiger partial charge in [-0.2, -0.15) is 4.39 Å². The summed E-state index contributed by atoms with van der Waals surface area (Å²) in [6.07, 6.45) is 1.24. The van der Waals surface area contributed by atoms with E-state index in [-0.39, 0.29) is 12.3 Å². The van der Waals surface area contributed by atoms with Crippen molar-refractivity contribution in [2.45, 2.75) is 6.61 Å². The average Bonchev–Trinajstić information content (AvgIpc) is 2.46. The monoisotopic (exact) mass is 278 g/mol. The second-order valence-electron chi connectivity index (χ2n) is 3.86. The van der Waals surface area contributed by atoms with Crippen molar-refractivity contribution in [2.24, 2.45) is 0 Å². The van der Waals surface area contributed by atoms with Gasteiger partial charge in [0.15, 0.2) is 0 Å². The summed E-state index contributed by atoms with van der Waals surface area (Å²) in [5, 5.41) is 10.7. The van der Waals surface area contributed by atoms with Crippen LogP contribution in [0.2, 0.25) is 0 Å². The highest BCUT2D eigenvalue weighted by Gasteiger charge is 2.12. The van der Waals surface area contributed by atoms with Gasteiger partial charge in [-0.3, -0.25) is 10.1 Å². The number of hydrogen-bond donors (Lipinski definition) is 0. The molecule has 0 amide bonds. The van der Waals surface area contributed by atoms with Gasteiger partial charge in [0.05, 0.1) is 18.2 Å². The van der Waals surface area contributed by atoms with E-state index < -0.39 is 10.9 Å². The van der Waals surface area contributed by atoms with Crippen LogP contribution in [0, 0.1) is 16.1 Å². The Bertz CT molecular complexity index is 616. The molecule has 2 rings (SSSR count). The summed E-state index contributed by atoms with van der Waals surface area (Å²) in [5.41, 5.74) is 0.465. The van der Waals surface area contributed by atoms with Crippen LogP contribution in [-0.4, -0.2) is 17.0 Å². The molecule has 0 saturated carbocycles. The van der Waals surface area contributed by atoms with Gasteiger partial charge in [0.1, 0.15) is 18.1 Å². The number of nitro benzene ring substituents is 1. The number of rotatable bonds is 5. The summed E-state index contributed by atoms with van der Waals surface area (Å²) in [6.45, 7) is 0.0537. The van der Waals surface area contributed by atoms with Gasteiger partial charge < -0.3 is 9.47 Å². The van der Waals surface area contributed by atoms with E-state index in [1.165, 1.54) is 43.6 Å². The first-order valence-corrected chi connectivity index (χ1v) is 5.66. The molecule has 0 aliphatic carbocycles. The smallest absolute Gasteiger partial charge is 0.270 e. The number of halogens is 1. The summed E-state index contributed by atoms with van der Waals surface area (Å²) in [4.78, 5) is 13.7. The van der Waals surface area contributed by atoms with Crippen molar-refractivity contribution in [3.05, 3.63) is 58.2 Å². The van der Waals surface area contributed by atoms with Crippen LogP contribution in [0.3, 0.4) is 0 Å². The Hall–Kier alpha value is -2.70. The number of ether oxygens (including phenoxy) is 2. The third-order valence-corrected chi connectivity index (χ3v) is 2.57. The van der Waals surface area contributed by atoms with Crippen LogP contribution >= 0.6 is 0 Å². The number of benzene rings is 1. The van der Waals surface area contributed by atoms with E-state index in [0.29, 0.717) is 17.1 Å². The molecule has 0 unspecified atom stereocenters. The summed E-state index contributed by atoms with van der Waals surface area (Å²) < 4.78 is 23.2. The quantitative estimate of drug-likeness (QED) is 0.477. The zero-order chi connectivity index (χ0) is 14.5. The standard InChI is InChI=1S/C13H11FN2O4/c1-19-12-4-2-10(16(17)18)6-9(12)8-20-11-3-5-13(14)15-7-11/h2-7H,8H2,1H3. The first-order chi connectivity index (χ1) is 9.60. The van der Waals surface area contributed by atoms with Crippen molar-refractivity contribution >= 4 is 5.69 Å². The number of pyridine rings is 1. The maximum Gasteiger partial charge on any atom is 0.270 e.